The van der Waals surface area contributed by atoms with E-state index >= 15 is 0 Å². The van der Waals surface area contributed by atoms with Crippen LogP contribution in [0.4, 0.5) is 0 Å². The molecule has 0 saturated carbocycles. The van der Waals surface area contributed by atoms with Crippen molar-refractivity contribution in [1.82, 2.24) is 20.2 Å². The Bertz CT molecular complexity index is 1230. The summed E-state index contributed by atoms with van der Waals surface area (Å²) in [7, 11) is 0. The van der Waals surface area contributed by atoms with Gasteiger partial charge in [-0.2, -0.15) is 5.10 Å². The zero-order valence-corrected chi connectivity index (χ0v) is 19.6. The first-order valence-corrected chi connectivity index (χ1v) is 11.9. The summed E-state index contributed by atoms with van der Waals surface area (Å²) in [6, 6.07) is 27.4. The fourth-order valence-electron chi connectivity index (χ4n) is 3.21. The minimum atomic E-state index is -0.212. The molecule has 0 bridgehead atoms. The largest absolute Gasteiger partial charge is 0.489 e. The van der Waals surface area contributed by atoms with Gasteiger partial charge in [0.1, 0.15) is 12.4 Å². The minimum Gasteiger partial charge on any atom is -0.489 e. The van der Waals surface area contributed by atoms with Gasteiger partial charge in [0.15, 0.2) is 11.0 Å². The van der Waals surface area contributed by atoms with Gasteiger partial charge >= 0.3 is 0 Å². The van der Waals surface area contributed by atoms with Gasteiger partial charge < -0.3 is 9.30 Å². The van der Waals surface area contributed by atoms with Crippen LogP contribution in [0.25, 0.3) is 11.4 Å². The van der Waals surface area contributed by atoms with Crippen molar-refractivity contribution >= 4 is 23.9 Å². The number of carbonyl (C=O) groups is 1. The van der Waals surface area contributed by atoms with Crippen LogP contribution >= 0.6 is 11.8 Å². The van der Waals surface area contributed by atoms with Gasteiger partial charge in [-0.15, -0.1) is 10.2 Å². The lowest BCUT2D eigenvalue weighted by Crippen LogP contribution is -2.20. The zero-order valence-electron chi connectivity index (χ0n) is 18.8. The molecule has 0 spiro atoms. The normalized spacial score (nSPS) is 11.0. The molecule has 0 atom stereocenters. The first-order valence-electron chi connectivity index (χ1n) is 10.9. The highest BCUT2D eigenvalue weighted by Crippen LogP contribution is 2.23. The minimum absolute atomic E-state index is 0.191. The fraction of sp³-hybridized carbons (Fsp3) is 0.154. The van der Waals surface area contributed by atoms with Crippen LogP contribution in [0.5, 0.6) is 5.75 Å². The highest BCUT2D eigenvalue weighted by molar-refractivity contribution is 7.99. The van der Waals surface area contributed by atoms with Crippen LogP contribution in [0.1, 0.15) is 18.1 Å². The summed E-state index contributed by atoms with van der Waals surface area (Å²) in [5.41, 5.74) is 5.53. The topological polar surface area (TPSA) is 81.4 Å². The van der Waals surface area contributed by atoms with Crippen molar-refractivity contribution in [2.45, 2.75) is 25.2 Å². The second kappa shape index (κ2) is 11.8. The van der Waals surface area contributed by atoms with Crippen LogP contribution in [0.15, 0.2) is 95.2 Å². The Kier molecular flexibility index (Phi) is 8.08. The summed E-state index contributed by atoms with van der Waals surface area (Å²) < 4.78 is 7.78. The lowest BCUT2D eigenvalue weighted by Gasteiger charge is -2.07. The second-order valence-electron chi connectivity index (χ2n) is 7.34. The van der Waals surface area contributed by atoms with Gasteiger partial charge in [0.2, 0.25) is 0 Å². The van der Waals surface area contributed by atoms with Gasteiger partial charge in [0, 0.05) is 12.1 Å². The highest BCUT2D eigenvalue weighted by atomic mass is 32.2. The van der Waals surface area contributed by atoms with Crippen molar-refractivity contribution in [2.75, 3.05) is 5.75 Å². The molecular weight excluding hydrogens is 446 g/mol. The molecule has 4 aromatic rings. The van der Waals surface area contributed by atoms with Crippen LogP contribution in [0, 0.1) is 0 Å². The molecule has 34 heavy (non-hydrogen) atoms. The molecule has 0 aliphatic carbocycles. The Hall–Kier alpha value is -3.91. The monoisotopic (exact) mass is 471 g/mol. The summed E-state index contributed by atoms with van der Waals surface area (Å²) in [6.45, 7) is 3.26. The number of amides is 1. The maximum Gasteiger partial charge on any atom is 0.250 e. The van der Waals surface area contributed by atoms with Gasteiger partial charge in [0.25, 0.3) is 5.91 Å². The maximum atomic E-state index is 12.2. The molecule has 172 valence electrons. The van der Waals surface area contributed by atoms with E-state index in [4.69, 9.17) is 4.74 Å². The smallest absolute Gasteiger partial charge is 0.250 e. The van der Waals surface area contributed by atoms with Gasteiger partial charge in [-0.1, -0.05) is 72.4 Å². The lowest BCUT2D eigenvalue weighted by atomic mass is 10.2. The number of hydrogen-bond acceptors (Lipinski definition) is 6. The van der Waals surface area contributed by atoms with E-state index in [1.807, 2.05) is 96.4 Å². The molecule has 0 aliphatic heterocycles. The zero-order chi connectivity index (χ0) is 23.6. The van der Waals surface area contributed by atoms with Crippen molar-refractivity contribution in [2.24, 2.45) is 5.10 Å². The Morgan fingerprint density at radius 3 is 2.41 bits per heavy atom. The van der Waals surface area contributed by atoms with Crippen LogP contribution in [-0.2, 0) is 17.9 Å². The molecule has 0 fully saturated rings. The van der Waals surface area contributed by atoms with E-state index in [0.717, 1.165) is 28.3 Å². The van der Waals surface area contributed by atoms with Crippen LogP contribution in [-0.4, -0.2) is 32.6 Å². The predicted octanol–water partition coefficient (Wildman–Crippen LogP) is 4.79. The Balaban J connectivity index is 1.25. The van der Waals surface area contributed by atoms with Crippen LogP contribution < -0.4 is 10.2 Å². The van der Waals surface area contributed by atoms with Gasteiger partial charge in [-0.05, 0) is 42.3 Å². The molecular formula is C26H25N5O2S. The van der Waals surface area contributed by atoms with Crippen LogP contribution in [0.3, 0.4) is 0 Å². The van der Waals surface area contributed by atoms with Crippen LogP contribution in [0.2, 0.25) is 0 Å². The maximum absolute atomic E-state index is 12.2. The number of nitrogens with zero attached hydrogens (tertiary/aromatic N) is 4. The Labute approximate surface area is 202 Å². The first-order chi connectivity index (χ1) is 16.7. The third kappa shape index (κ3) is 6.32. The fourth-order valence-corrected chi connectivity index (χ4v) is 4.01. The Morgan fingerprint density at radius 2 is 1.71 bits per heavy atom. The van der Waals surface area contributed by atoms with Crippen molar-refractivity contribution in [3.8, 4) is 17.1 Å². The summed E-state index contributed by atoms with van der Waals surface area (Å²) in [5, 5.41) is 13.3. The molecule has 1 heterocycles. The van der Waals surface area contributed by atoms with Gasteiger partial charge in [-0.25, -0.2) is 5.43 Å². The number of carbonyl (C=O) groups excluding carboxylic acids is 1. The standard InChI is InChI=1S/C26H25N5O2S/c1-2-31-25(22-11-7-4-8-12-22)29-30-26(31)34-19-24(32)28-27-17-20-13-15-23(16-14-20)33-18-21-9-5-3-6-10-21/h3-17H,2,18-19H2,1H3,(H,28,32)/b27-17-. The summed E-state index contributed by atoms with van der Waals surface area (Å²) in [4.78, 5) is 12.2. The average molecular weight is 472 g/mol. The van der Waals surface area contributed by atoms with Crippen molar-refractivity contribution in [1.29, 1.82) is 0 Å². The van der Waals surface area contributed by atoms with Gasteiger partial charge in [0.05, 0.1) is 12.0 Å². The molecule has 8 heteroatoms. The highest BCUT2D eigenvalue weighted by Gasteiger charge is 2.14. The van der Waals surface area contributed by atoms with Crippen molar-refractivity contribution in [3.63, 3.8) is 0 Å². The Morgan fingerprint density at radius 1 is 1.00 bits per heavy atom. The summed E-state index contributed by atoms with van der Waals surface area (Å²) in [5.74, 6) is 1.55. The number of nitrogens with one attached hydrogen (secondary N) is 1. The molecule has 7 nitrogen and oxygen atoms in total. The second-order valence-corrected chi connectivity index (χ2v) is 8.28. The molecule has 3 aromatic carbocycles. The van der Waals surface area contributed by atoms with E-state index in [2.05, 4.69) is 20.7 Å². The lowest BCUT2D eigenvalue weighted by molar-refractivity contribution is -0.118. The molecule has 0 radical (unpaired) electrons. The first kappa shape index (κ1) is 23.3. The number of aromatic nitrogens is 3. The van der Waals surface area contributed by atoms with Crippen molar-refractivity contribution in [3.05, 3.63) is 96.1 Å². The number of benzene rings is 3. The molecule has 0 saturated heterocycles. The molecule has 1 N–H and O–H groups in total. The van der Waals surface area contributed by atoms with E-state index in [1.165, 1.54) is 11.8 Å². The third-order valence-electron chi connectivity index (χ3n) is 4.93. The number of hydrogen-bond donors (Lipinski definition) is 1. The van der Waals surface area contributed by atoms with E-state index < -0.39 is 0 Å². The molecule has 1 amide bonds. The van der Waals surface area contributed by atoms with E-state index in [-0.39, 0.29) is 11.7 Å². The van der Waals surface area contributed by atoms with E-state index in [9.17, 15) is 4.79 Å². The molecule has 0 aliphatic rings. The number of thioether (sulfide) groups is 1. The third-order valence-corrected chi connectivity index (χ3v) is 5.90. The van der Waals surface area contributed by atoms with E-state index in [1.54, 1.807) is 6.21 Å². The SMILES string of the molecule is CCn1c(SCC(=O)N/N=C\c2ccc(OCc3ccccc3)cc2)nnc1-c1ccccc1. The van der Waals surface area contributed by atoms with E-state index in [0.29, 0.717) is 18.3 Å². The summed E-state index contributed by atoms with van der Waals surface area (Å²) in [6.07, 6.45) is 1.60. The van der Waals surface area contributed by atoms with Gasteiger partial charge in [-0.3, -0.25) is 4.79 Å². The van der Waals surface area contributed by atoms with Crippen molar-refractivity contribution < 1.29 is 9.53 Å². The summed E-state index contributed by atoms with van der Waals surface area (Å²) >= 11 is 1.33. The number of hydrazone groups is 1. The average Bonchev–Trinajstić information content (AvgIpc) is 3.31. The molecule has 0 unspecified atom stereocenters. The number of rotatable bonds is 10. The quantitative estimate of drug-likeness (QED) is 0.204. The molecule has 1 aromatic heterocycles. The predicted molar refractivity (Wildman–Crippen MR) is 135 cm³/mol. The molecule has 4 rings (SSSR count). The number of ether oxygens (including phenoxy) is 1.